The standard InChI is InChI=1S/C15H15F2N/c1-15(18,11-6-3-2-4-7-11)10-12-13(16)8-5-9-14(12)17/h2-9H,10,18H2,1H3. The van der Waals surface area contributed by atoms with Crippen molar-refractivity contribution >= 4 is 0 Å². The molecule has 1 nitrogen and oxygen atoms in total. The lowest BCUT2D eigenvalue weighted by Crippen LogP contribution is -2.36. The zero-order valence-corrected chi connectivity index (χ0v) is 10.2. The van der Waals surface area contributed by atoms with Crippen LogP contribution >= 0.6 is 0 Å². The molecule has 18 heavy (non-hydrogen) atoms. The maximum absolute atomic E-state index is 13.6. The quantitative estimate of drug-likeness (QED) is 0.884. The van der Waals surface area contributed by atoms with Crippen molar-refractivity contribution in [3.63, 3.8) is 0 Å². The third kappa shape index (κ3) is 2.57. The third-order valence-electron chi connectivity index (χ3n) is 3.04. The van der Waals surface area contributed by atoms with E-state index in [9.17, 15) is 8.78 Å². The van der Waals surface area contributed by atoms with E-state index in [1.165, 1.54) is 18.2 Å². The van der Waals surface area contributed by atoms with Crippen LogP contribution in [0.1, 0.15) is 18.1 Å². The minimum absolute atomic E-state index is 0.0337. The van der Waals surface area contributed by atoms with Crippen molar-refractivity contribution in [1.82, 2.24) is 0 Å². The van der Waals surface area contributed by atoms with Crippen molar-refractivity contribution in [3.8, 4) is 0 Å². The van der Waals surface area contributed by atoms with Gasteiger partial charge in [0.05, 0.1) is 0 Å². The Labute approximate surface area is 105 Å². The number of nitrogens with two attached hydrogens (primary N) is 1. The number of hydrogen-bond donors (Lipinski definition) is 1. The van der Waals surface area contributed by atoms with Gasteiger partial charge in [-0.1, -0.05) is 36.4 Å². The lowest BCUT2D eigenvalue weighted by molar-refractivity contribution is 0.455. The van der Waals surface area contributed by atoms with Crippen LogP contribution in [0.2, 0.25) is 0 Å². The van der Waals surface area contributed by atoms with E-state index in [1.807, 2.05) is 30.3 Å². The minimum atomic E-state index is -0.801. The molecule has 1 unspecified atom stereocenters. The van der Waals surface area contributed by atoms with Crippen LogP contribution in [-0.4, -0.2) is 0 Å². The molecule has 0 fully saturated rings. The lowest BCUT2D eigenvalue weighted by Gasteiger charge is -2.25. The number of rotatable bonds is 3. The van der Waals surface area contributed by atoms with Gasteiger partial charge in [0, 0.05) is 17.5 Å². The molecule has 2 N–H and O–H groups in total. The highest BCUT2D eigenvalue weighted by molar-refractivity contribution is 5.28. The van der Waals surface area contributed by atoms with Crippen molar-refractivity contribution in [2.24, 2.45) is 5.73 Å². The molecule has 0 heterocycles. The molecule has 0 saturated heterocycles. The molecule has 0 aliphatic carbocycles. The molecule has 0 spiro atoms. The molecule has 2 aromatic rings. The summed E-state index contributed by atoms with van der Waals surface area (Å²) in [6, 6.07) is 13.2. The topological polar surface area (TPSA) is 26.0 Å². The van der Waals surface area contributed by atoms with Gasteiger partial charge in [0.15, 0.2) is 0 Å². The molecule has 0 saturated carbocycles. The summed E-state index contributed by atoms with van der Waals surface area (Å²) in [6.45, 7) is 1.77. The van der Waals surface area contributed by atoms with E-state index in [2.05, 4.69) is 0 Å². The Morgan fingerprint density at radius 2 is 1.50 bits per heavy atom. The zero-order valence-electron chi connectivity index (χ0n) is 10.2. The maximum atomic E-state index is 13.6. The summed E-state index contributed by atoms with van der Waals surface area (Å²) in [5.74, 6) is -1.11. The predicted molar refractivity (Wildman–Crippen MR) is 68.0 cm³/mol. The molecule has 0 aliphatic rings. The van der Waals surface area contributed by atoms with Crippen molar-refractivity contribution in [2.75, 3.05) is 0 Å². The Kier molecular flexibility index (Phi) is 3.43. The Bertz CT molecular complexity index is 515. The van der Waals surface area contributed by atoms with E-state index >= 15 is 0 Å². The first-order valence-electron chi connectivity index (χ1n) is 5.78. The summed E-state index contributed by atoms with van der Waals surface area (Å²) >= 11 is 0. The monoisotopic (exact) mass is 247 g/mol. The van der Waals surface area contributed by atoms with Gasteiger partial charge in [-0.15, -0.1) is 0 Å². The second-order valence-corrected chi connectivity index (χ2v) is 4.66. The minimum Gasteiger partial charge on any atom is -0.321 e. The van der Waals surface area contributed by atoms with E-state index in [0.29, 0.717) is 0 Å². The molecule has 2 aromatic carbocycles. The van der Waals surface area contributed by atoms with Crippen LogP contribution in [0.3, 0.4) is 0 Å². The van der Waals surface area contributed by atoms with E-state index in [4.69, 9.17) is 5.73 Å². The van der Waals surface area contributed by atoms with E-state index < -0.39 is 17.2 Å². The van der Waals surface area contributed by atoms with E-state index in [0.717, 1.165) is 5.56 Å². The highest BCUT2D eigenvalue weighted by Gasteiger charge is 2.24. The first-order chi connectivity index (χ1) is 8.50. The van der Waals surface area contributed by atoms with Gasteiger partial charge in [-0.25, -0.2) is 8.78 Å². The van der Waals surface area contributed by atoms with Crippen LogP contribution in [0.4, 0.5) is 8.78 Å². The van der Waals surface area contributed by atoms with Crippen molar-refractivity contribution in [3.05, 3.63) is 71.3 Å². The summed E-state index contributed by atoms with van der Waals surface area (Å²) in [4.78, 5) is 0. The van der Waals surface area contributed by atoms with Crippen LogP contribution in [0.15, 0.2) is 48.5 Å². The van der Waals surface area contributed by atoms with Crippen LogP contribution in [0, 0.1) is 11.6 Å². The SMILES string of the molecule is CC(N)(Cc1c(F)cccc1F)c1ccccc1. The fourth-order valence-corrected chi connectivity index (χ4v) is 1.99. The Balaban J connectivity index is 2.34. The summed E-state index contributed by atoms with van der Waals surface area (Å²) in [5.41, 5.74) is 6.26. The van der Waals surface area contributed by atoms with Gasteiger partial charge in [0.25, 0.3) is 0 Å². The van der Waals surface area contributed by atoms with Gasteiger partial charge in [0.2, 0.25) is 0 Å². The molecule has 1 atom stereocenters. The normalized spacial score (nSPS) is 14.2. The van der Waals surface area contributed by atoms with Gasteiger partial charge < -0.3 is 5.73 Å². The van der Waals surface area contributed by atoms with Gasteiger partial charge >= 0.3 is 0 Å². The summed E-state index contributed by atoms with van der Waals surface area (Å²) in [6.07, 6.45) is 0.121. The summed E-state index contributed by atoms with van der Waals surface area (Å²) in [5, 5.41) is 0. The maximum Gasteiger partial charge on any atom is 0.129 e. The largest absolute Gasteiger partial charge is 0.321 e. The second-order valence-electron chi connectivity index (χ2n) is 4.66. The molecule has 0 amide bonds. The van der Waals surface area contributed by atoms with Crippen LogP contribution in [0.5, 0.6) is 0 Å². The zero-order chi connectivity index (χ0) is 13.2. The highest BCUT2D eigenvalue weighted by atomic mass is 19.1. The molecule has 0 bridgehead atoms. The van der Waals surface area contributed by atoms with Gasteiger partial charge in [-0.3, -0.25) is 0 Å². The first-order valence-corrected chi connectivity index (χ1v) is 5.78. The fraction of sp³-hybridized carbons (Fsp3) is 0.200. The number of benzene rings is 2. The highest BCUT2D eigenvalue weighted by Crippen LogP contribution is 2.25. The molecule has 3 heteroatoms. The van der Waals surface area contributed by atoms with E-state index in [1.54, 1.807) is 6.92 Å². The summed E-state index contributed by atoms with van der Waals surface area (Å²) < 4.78 is 27.2. The molecule has 94 valence electrons. The van der Waals surface area contributed by atoms with Gasteiger partial charge in [0.1, 0.15) is 11.6 Å². The number of halogens is 2. The average molecular weight is 247 g/mol. The molecular formula is C15H15F2N. The molecule has 0 radical (unpaired) electrons. The van der Waals surface area contributed by atoms with Gasteiger partial charge in [-0.2, -0.15) is 0 Å². The van der Waals surface area contributed by atoms with E-state index in [-0.39, 0.29) is 12.0 Å². The van der Waals surface area contributed by atoms with Crippen molar-refractivity contribution in [2.45, 2.75) is 18.9 Å². The smallest absolute Gasteiger partial charge is 0.129 e. The third-order valence-corrected chi connectivity index (χ3v) is 3.04. The number of hydrogen-bond acceptors (Lipinski definition) is 1. The average Bonchev–Trinajstić information content (AvgIpc) is 2.35. The van der Waals surface area contributed by atoms with Crippen molar-refractivity contribution < 1.29 is 8.78 Å². The Hall–Kier alpha value is -1.74. The summed E-state index contributed by atoms with van der Waals surface area (Å²) in [7, 11) is 0. The molecule has 0 aromatic heterocycles. The molecule has 2 rings (SSSR count). The molecule has 0 aliphatic heterocycles. The lowest BCUT2D eigenvalue weighted by atomic mass is 9.86. The van der Waals surface area contributed by atoms with Crippen LogP contribution in [0.25, 0.3) is 0 Å². The van der Waals surface area contributed by atoms with Crippen LogP contribution in [-0.2, 0) is 12.0 Å². The Morgan fingerprint density at radius 3 is 2.06 bits per heavy atom. The van der Waals surface area contributed by atoms with Crippen molar-refractivity contribution in [1.29, 1.82) is 0 Å². The first kappa shape index (κ1) is 12.7. The van der Waals surface area contributed by atoms with Gasteiger partial charge in [-0.05, 0) is 24.6 Å². The predicted octanol–water partition coefficient (Wildman–Crippen LogP) is 3.38. The Morgan fingerprint density at radius 1 is 0.944 bits per heavy atom. The fourth-order valence-electron chi connectivity index (χ4n) is 1.99. The van der Waals surface area contributed by atoms with Crippen LogP contribution < -0.4 is 5.73 Å². The second kappa shape index (κ2) is 4.86. The molecular weight excluding hydrogens is 232 g/mol.